The smallest absolute Gasteiger partial charge is 0.0456 e. The van der Waals surface area contributed by atoms with E-state index >= 15 is 0 Å². The van der Waals surface area contributed by atoms with E-state index < -0.39 is 0 Å². The molecule has 1 N–H and O–H groups in total. The van der Waals surface area contributed by atoms with Crippen molar-refractivity contribution in [3.05, 3.63) is 11.6 Å². The first-order valence-electron chi connectivity index (χ1n) is 6.30. The van der Waals surface area contributed by atoms with Crippen LogP contribution in [0.5, 0.6) is 0 Å². The van der Waals surface area contributed by atoms with Crippen molar-refractivity contribution in [3.8, 4) is 0 Å². The summed E-state index contributed by atoms with van der Waals surface area (Å²) in [6.07, 6.45) is 8.59. The van der Waals surface area contributed by atoms with Crippen molar-refractivity contribution in [2.45, 2.75) is 59.8 Å². The summed E-state index contributed by atoms with van der Waals surface area (Å²) in [7, 11) is 0. The summed E-state index contributed by atoms with van der Waals surface area (Å²) in [4.78, 5) is 0. The van der Waals surface area contributed by atoms with Crippen molar-refractivity contribution in [3.63, 3.8) is 0 Å². The number of allylic oxidation sites excluding steroid dienone is 2. The Hall–Kier alpha value is -0.300. The fourth-order valence-corrected chi connectivity index (χ4v) is 1.71. The van der Waals surface area contributed by atoms with Gasteiger partial charge in [-0.15, -0.1) is 0 Å². The standard InChI is InChI=1S/C14H28O/c1-12(2)7-5-8-13(3)9-6-10-14(4)11-15/h7,13-15H,5-6,8-11H2,1-4H3. The molecule has 0 aliphatic rings. The van der Waals surface area contributed by atoms with Crippen LogP contribution in [0.15, 0.2) is 11.6 Å². The first-order chi connectivity index (χ1) is 7.06. The Balaban J connectivity index is 3.41. The van der Waals surface area contributed by atoms with Gasteiger partial charge in [0.25, 0.3) is 0 Å². The molecule has 90 valence electrons. The van der Waals surface area contributed by atoms with E-state index in [2.05, 4.69) is 33.8 Å². The van der Waals surface area contributed by atoms with Gasteiger partial charge in [0, 0.05) is 6.61 Å². The highest BCUT2D eigenvalue weighted by atomic mass is 16.3. The lowest BCUT2D eigenvalue weighted by Gasteiger charge is -2.12. The molecule has 0 bridgehead atoms. The zero-order chi connectivity index (χ0) is 11.7. The normalized spacial score (nSPS) is 14.7. The molecule has 0 aromatic carbocycles. The highest BCUT2D eigenvalue weighted by molar-refractivity contribution is 4.92. The number of aliphatic hydroxyl groups is 1. The summed E-state index contributed by atoms with van der Waals surface area (Å²) in [5.74, 6) is 1.31. The van der Waals surface area contributed by atoms with E-state index in [1.54, 1.807) is 0 Å². The van der Waals surface area contributed by atoms with Gasteiger partial charge in [0.05, 0.1) is 0 Å². The molecule has 0 aromatic heterocycles. The Morgan fingerprint density at radius 3 is 2.20 bits per heavy atom. The average Bonchev–Trinajstić information content (AvgIpc) is 2.17. The Morgan fingerprint density at radius 2 is 1.67 bits per heavy atom. The molecule has 0 aliphatic heterocycles. The van der Waals surface area contributed by atoms with Gasteiger partial charge in [-0.05, 0) is 44.9 Å². The second-order valence-electron chi connectivity index (χ2n) is 5.18. The van der Waals surface area contributed by atoms with Gasteiger partial charge in [0.2, 0.25) is 0 Å². The largest absolute Gasteiger partial charge is 0.396 e. The molecule has 0 fully saturated rings. The van der Waals surface area contributed by atoms with Gasteiger partial charge in [0.15, 0.2) is 0 Å². The van der Waals surface area contributed by atoms with E-state index in [-0.39, 0.29) is 0 Å². The van der Waals surface area contributed by atoms with Crippen LogP contribution in [0.25, 0.3) is 0 Å². The minimum Gasteiger partial charge on any atom is -0.396 e. The molecule has 2 unspecified atom stereocenters. The van der Waals surface area contributed by atoms with Gasteiger partial charge < -0.3 is 5.11 Å². The molecule has 0 heterocycles. The maximum absolute atomic E-state index is 8.89. The van der Waals surface area contributed by atoms with E-state index in [0.29, 0.717) is 12.5 Å². The quantitative estimate of drug-likeness (QED) is 0.599. The zero-order valence-electron chi connectivity index (χ0n) is 10.9. The minimum atomic E-state index is 0.339. The monoisotopic (exact) mass is 212 g/mol. The maximum Gasteiger partial charge on any atom is 0.0456 e. The van der Waals surface area contributed by atoms with Gasteiger partial charge in [0.1, 0.15) is 0 Å². The Labute approximate surface area is 95.6 Å². The van der Waals surface area contributed by atoms with Gasteiger partial charge in [-0.1, -0.05) is 38.3 Å². The molecule has 0 saturated carbocycles. The molecular formula is C14H28O. The molecule has 0 aliphatic carbocycles. The third kappa shape index (κ3) is 9.99. The molecule has 0 saturated heterocycles. The van der Waals surface area contributed by atoms with Crippen LogP contribution >= 0.6 is 0 Å². The lowest BCUT2D eigenvalue weighted by atomic mass is 9.95. The second-order valence-corrected chi connectivity index (χ2v) is 5.18. The Kier molecular flexibility index (Phi) is 8.79. The molecule has 0 amide bonds. The van der Waals surface area contributed by atoms with Crippen molar-refractivity contribution in [2.75, 3.05) is 6.61 Å². The highest BCUT2D eigenvalue weighted by Gasteiger charge is 2.03. The number of aliphatic hydroxyl groups excluding tert-OH is 1. The third-order valence-electron chi connectivity index (χ3n) is 2.92. The lowest BCUT2D eigenvalue weighted by molar-refractivity contribution is 0.225. The predicted octanol–water partition coefficient (Wildman–Crippen LogP) is 4.17. The molecule has 0 aromatic rings. The van der Waals surface area contributed by atoms with Crippen LogP contribution in [0.2, 0.25) is 0 Å². The Morgan fingerprint density at radius 1 is 1.07 bits per heavy atom. The van der Waals surface area contributed by atoms with Crippen LogP contribution in [-0.2, 0) is 0 Å². The SMILES string of the molecule is CC(C)=CCCC(C)CCCC(C)CO. The summed E-state index contributed by atoms with van der Waals surface area (Å²) in [6.45, 7) is 9.11. The van der Waals surface area contributed by atoms with Crippen LogP contribution in [-0.4, -0.2) is 11.7 Å². The highest BCUT2D eigenvalue weighted by Crippen LogP contribution is 2.17. The average molecular weight is 212 g/mol. The van der Waals surface area contributed by atoms with E-state index in [1.165, 1.54) is 37.7 Å². The summed E-state index contributed by atoms with van der Waals surface area (Å²) in [6, 6.07) is 0. The fourth-order valence-electron chi connectivity index (χ4n) is 1.71. The third-order valence-corrected chi connectivity index (χ3v) is 2.92. The maximum atomic E-state index is 8.89. The van der Waals surface area contributed by atoms with Crippen molar-refractivity contribution < 1.29 is 5.11 Å². The summed E-state index contributed by atoms with van der Waals surface area (Å²) in [5.41, 5.74) is 1.43. The van der Waals surface area contributed by atoms with Crippen molar-refractivity contribution in [1.29, 1.82) is 0 Å². The predicted molar refractivity (Wildman–Crippen MR) is 67.9 cm³/mol. The Bertz CT molecular complexity index is 168. The molecule has 1 nitrogen and oxygen atoms in total. The molecule has 0 spiro atoms. The zero-order valence-corrected chi connectivity index (χ0v) is 10.9. The molecular weight excluding hydrogens is 184 g/mol. The van der Waals surface area contributed by atoms with Gasteiger partial charge >= 0.3 is 0 Å². The van der Waals surface area contributed by atoms with Crippen LogP contribution in [0.3, 0.4) is 0 Å². The number of hydrogen-bond donors (Lipinski definition) is 1. The molecule has 2 atom stereocenters. The second kappa shape index (κ2) is 8.96. The fraction of sp³-hybridized carbons (Fsp3) is 0.857. The molecule has 15 heavy (non-hydrogen) atoms. The van der Waals surface area contributed by atoms with Crippen molar-refractivity contribution in [1.82, 2.24) is 0 Å². The summed E-state index contributed by atoms with van der Waals surface area (Å²) >= 11 is 0. The van der Waals surface area contributed by atoms with Gasteiger partial charge in [-0.25, -0.2) is 0 Å². The van der Waals surface area contributed by atoms with E-state index in [1.807, 2.05) is 0 Å². The van der Waals surface area contributed by atoms with E-state index in [0.717, 1.165) is 5.92 Å². The van der Waals surface area contributed by atoms with Crippen molar-refractivity contribution >= 4 is 0 Å². The molecule has 0 rings (SSSR count). The van der Waals surface area contributed by atoms with E-state index in [4.69, 9.17) is 5.11 Å². The van der Waals surface area contributed by atoms with Gasteiger partial charge in [-0.3, -0.25) is 0 Å². The van der Waals surface area contributed by atoms with Crippen LogP contribution < -0.4 is 0 Å². The van der Waals surface area contributed by atoms with Crippen LogP contribution in [0.4, 0.5) is 0 Å². The first-order valence-corrected chi connectivity index (χ1v) is 6.30. The minimum absolute atomic E-state index is 0.339. The van der Waals surface area contributed by atoms with Crippen LogP contribution in [0, 0.1) is 11.8 Å². The summed E-state index contributed by atoms with van der Waals surface area (Å²) in [5, 5.41) is 8.89. The van der Waals surface area contributed by atoms with Crippen molar-refractivity contribution in [2.24, 2.45) is 11.8 Å². The summed E-state index contributed by atoms with van der Waals surface area (Å²) < 4.78 is 0. The number of hydrogen-bond acceptors (Lipinski definition) is 1. The van der Waals surface area contributed by atoms with Gasteiger partial charge in [-0.2, -0.15) is 0 Å². The lowest BCUT2D eigenvalue weighted by Crippen LogP contribution is -2.02. The van der Waals surface area contributed by atoms with Crippen LogP contribution in [0.1, 0.15) is 59.8 Å². The molecule has 0 radical (unpaired) electrons. The van der Waals surface area contributed by atoms with E-state index in [9.17, 15) is 0 Å². The topological polar surface area (TPSA) is 20.2 Å². The molecule has 1 heteroatoms. The first kappa shape index (κ1) is 14.7. The number of rotatable bonds is 8.